The van der Waals surface area contributed by atoms with Gasteiger partial charge in [0, 0.05) is 24.7 Å². The second-order valence-corrected chi connectivity index (χ2v) is 5.25. The summed E-state index contributed by atoms with van der Waals surface area (Å²) in [6.45, 7) is 1.81. The van der Waals surface area contributed by atoms with Gasteiger partial charge in [-0.2, -0.15) is 0 Å². The Kier molecular flexibility index (Phi) is 5.09. The monoisotopic (exact) mass is 275 g/mol. The van der Waals surface area contributed by atoms with Crippen molar-refractivity contribution >= 4 is 11.8 Å². The van der Waals surface area contributed by atoms with Crippen LogP contribution in [0.15, 0.2) is 18.3 Å². The summed E-state index contributed by atoms with van der Waals surface area (Å²) < 4.78 is 0. The molecule has 1 aromatic heterocycles. The number of rotatable bonds is 4. The molecule has 0 bridgehead atoms. The Balaban J connectivity index is 1.94. The zero-order valence-corrected chi connectivity index (χ0v) is 11.8. The van der Waals surface area contributed by atoms with Crippen LogP contribution in [0.25, 0.3) is 0 Å². The third-order valence-corrected chi connectivity index (χ3v) is 3.54. The van der Waals surface area contributed by atoms with Gasteiger partial charge < -0.3 is 10.6 Å². The average molecular weight is 275 g/mol. The molecule has 1 fully saturated rings. The topological polar surface area (TPSA) is 71.1 Å². The van der Waals surface area contributed by atoms with Crippen molar-refractivity contribution in [3.8, 4) is 0 Å². The van der Waals surface area contributed by atoms with E-state index in [0.29, 0.717) is 23.8 Å². The summed E-state index contributed by atoms with van der Waals surface area (Å²) in [7, 11) is 0. The number of pyridine rings is 1. The molecule has 0 unspecified atom stereocenters. The lowest BCUT2D eigenvalue weighted by Gasteiger charge is -2.22. The molecule has 0 atom stereocenters. The molecule has 108 valence electrons. The van der Waals surface area contributed by atoms with Crippen molar-refractivity contribution in [3.63, 3.8) is 0 Å². The SMILES string of the molecule is CC(=O)NCc1cc(C(=O)NC2CCCCC2)ccn1. The van der Waals surface area contributed by atoms with Gasteiger partial charge in [0.15, 0.2) is 0 Å². The summed E-state index contributed by atoms with van der Waals surface area (Å²) in [6, 6.07) is 3.73. The lowest BCUT2D eigenvalue weighted by Crippen LogP contribution is -2.36. The fourth-order valence-electron chi connectivity index (χ4n) is 2.45. The van der Waals surface area contributed by atoms with E-state index in [0.717, 1.165) is 12.8 Å². The van der Waals surface area contributed by atoms with E-state index in [2.05, 4.69) is 15.6 Å². The molecular weight excluding hydrogens is 254 g/mol. The van der Waals surface area contributed by atoms with Gasteiger partial charge in [-0.25, -0.2) is 0 Å². The van der Waals surface area contributed by atoms with Gasteiger partial charge in [0.05, 0.1) is 12.2 Å². The fraction of sp³-hybridized carbons (Fsp3) is 0.533. The molecule has 2 rings (SSSR count). The van der Waals surface area contributed by atoms with Gasteiger partial charge in [-0.1, -0.05) is 19.3 Å². The number of hydrogen-bond donors (Lipinski definition) is 2. The largest absolute Gasteiger partial charge is 0.351 e. The lowest BCUT2D eigenvalue weighted by atomic mass is 9.95. The van der Waals surface area contributed by atoms with Gasteiger partial charge in [0.1, 0.15) is 0 Å². The summed E-state index contributed by atoms with van der Waals surface area (Å²) in [5.74, 6) is -0.160. The maximum Gasteiger partial charge on any atom is 0.251 e. The maximum atomic E-state index is 12.2. The fourth-order valence-corrected chi connectivity index (χ4v) is 2.45. The highest BCUT2D eigenvalue weighted by molar-refractivity contribution is 5.94. The predicted octanol–water partition coefficient (Wildman–Crippen LogP) is 1.78. The molecule has 1 aliphatic carbocycles. The van der Waals surface area contributed by atoms with Crippen LogP contribution < -0.4 is 10.6 Å². The van der Waals surface area contributed by atoms with Gasteiger partial charge in [0.2, 0.25) is 5.91 Å². The van der Waals surface area contributed by atoms with Crippen molar-refractivity contribution in [1.29, 1.82) is 0 Å². The Morgan fingerprint density at radius 1 is 1.30 bits per heavy atom. The molecule has 2 N–H and O–H groups in total. The van der Waals surface area contributed by atoms with E-state index in [9.17, 15) is 9.59 Å². The van der Waals surface area contributed by atoms with Crippen molar-refractivity contribution < 1.29 is 9.59 Å². The number of amides is 2. The van der Waals surface area contributed by atoms with Crippen LogP contribution in [0.1, 0.15) is 55.1 Å². The predicted molar refractivity (Wildman–Crippen MR) is 76.1 cm³/mol. The second kappa shape index (κ2) is 7.03. The van der Waals surface area contributed by atoms with Gasteiger partial charge in [-0.05, 0) is 25.0 Å². The van der Waals surface area contributed by atoms with Crippen molar-refractivity contribution in [2.75, 3.05) is 0 Å². The first-order valence-corrected chi connectivity index (χ1v) is 7.15. The first-order chi connectivity index (χ1) is 9.65. The van der Waals surface area contributed by atoms with E-state index < -0.39 is 0 Å². The molecular formula is C15H21N3O2. The molecule has 0 aliphatic heterocycles. The molecule has 1 saturated carbocycles. The molecule has 20 heavy (non-hydrogen) atoms. The first-order valence-electron chi connectivity index (χ1n) is 7.15. The Morgan fingerprint density at radius 2 is 2.05 bits per heavy atom. The Hall–Kier alpha value is -1.91. The molecule has 1 aliphatic rings. The van der Waals surface area contributed by atoms with E-state index in [4.69, 9.17) is 0 Å². The zero-order chi connectivity index (χ0) is 14.4. The molecule has 5 heteroatoms. The quantitative estimate of drug-likeness (QED) is 0.880. The van der Waals surface area contributed by atoms with Gasteiger partial charge >= 0.3 is 0 Å². The molecule has 0 saturated heterocycles. The summed E-state index contributed by atoms with van der Waals surface area (Å²) in [5, 5.41) is 5.75. The van der Waals surface area contributed by atoms with E-state index >= 15 is 0 Å². The minimum absolute atomic E-state index is 0.0524. The molecule has 2 amide bonds. The molecule has 1 heterocycles. The van der Waals surface area contributed by atoms with Crippen LogP contribution in [0.5, 0.6) is 0 Å². The van der Waals surface area contributed by atoms with Crippen molar-refractivity contribution in [3.05, 3.63) is 29.6 Å². The van der Waals surface area contributed by atoms with E-state index in [1.165, 1.54) is 26.2 Å². The van der Waals surface area contributed by atoms with Crippen LogP contribution in [0.2, 0.25) is 0 Å². The zero-order valence-electron chi connectivity index (χ0n) is 11.8. The molecule has 0 spiro atoms. The average Bonchev–Trinajstić information content (AvgIpc) is 2.46. The summed E-state index contributed by atoms with van der Waals surface area (Å²) in [4.78, 5) is 27.2. The van der Waals surface area contributed by atoms with E-state index in [-0.39, 0.29) is 11.8 Å². The maximum absolute atomic E-state index is 12.2. The summed E-state index contributed by atoms with van der Waals surface area (Å²) in [6.07, 6.45) is 7.38. The van der Waals surface area contributed by atoms with Crippen LogP contribution in [-0.2, 0) is 11.3 Å². The van der Waals surface area contributed by atoms with Gasteiger partial charge in [-0.3, -0.25) is 14.6 Å². The highest BCUT2D eigenvalue weighted by atomic mass is 16.2. The first kappa shape index (κ1) is 14.5. The second-order valence-electron chi connectivity index (χ2n) is 5.25. The third kappa shape index (κ3) is 4.33. The number of carbonyl (C=O) groups excluding carboxylic acids is 2. The van der Waals surface area contributed by atoms with E-state index in [1.54, 1.807) is 18.3 Å². The highest BCUT2D eigenvalue weighted by Crippen LogP contribution is 2.17. The minimum atomic E-state index is -0.108. The molecule has 5 nitrogen and oxygen atoms in total. The molecule has 1 aromatic rings. The number of nitrogens with one attached hydrogen (secondary N) is 2. The lowest BCUT2D eigenvalue weighted by molar-refractivity contribution is -0.119. The van der Waals surface area contributed by atoms with Gasteiger partial charge in [-0.15, -0.1) is 0 Å². The summed E-state index contributed by atoms with van der Waals surface area (Å²) in [5.41, 5.74) is 1.29. The Bertz CT molecular complexity index is 482. The van der Waals surface area contributed by atoms with Crippen LogP contribution in [0.3, 0.4) is 0 Å². The summed E-state index contributed by atoms with van der Waals surface area (Å²) >= 11 is 0. The number of carbonyl (C=O) groups is 2. The third-order valence-electron chi connectivity index (χ3n) is 3.54. The van der Waals surface area contributed by atoms with Crippen LogP contribution in [-0.4, -0.2) is 22.8 Å². The highest BCUT2D eigenvalue weighted by Gasteiger charge is 2.16. The normalized spacial score (nSPS) is 15.7. The van der Waals surface area contributed by atoms with E-state index in [1.807, 2.05) is 0 Å². The number of aromatic nitrogens is 1. The standard InChI is InChI=1S/C15H21N3O2/c1-11(19)17-10-14-9-12(7-8-16-14)15(20)18-13-5-3-2-4-6-13/h7-9,13H,2-6,10H2,1H3,(H,17,19)(H,18,20). The molecule has 0 aromatic carbocycles. The molecule has 0 radical (unpaired) electrons. The number of nitrogens with zero attached hydrogens (tertiary/aromatic N) is 1. The van der Waals surface area contributed by atoms with Crippen molar-refractivity contribution in [1.82, 2.24) is 15.6 Å². The van der Waals surface area contributed by atoms with Gasteiger partial charge in [0.25, 0.3) is 5.91 Å². The van der Waals surface area contributed by atoms with Crippen LogP contribution >= 0.6 is 0 Å². The Morgan fingerprint density at radius 3 is 2.75 bits per heavy atom. The van der Waals surface area contributed by atoms with Crippen molar-refractivity contribution in [2.24, 2.45) is 0 Å². The van der Waals surface area contributed by atoms with Crippen LogP contribution in [0.4, 0.5) is 0 Å². The Labute approximate surface area is 119 Å². The minimum Gasteiger partial charge on any atom is -0.351 e. The van der Waals surface area contributed by atoms with Crippen molar-refractivity contribution in [2.45, 2.75) is 51.6 Å². The number of hydrogen-bond acceptors (Lipinski definition) is 3. The smallest absolute Gasteiger partial charge is 0.251 e. The van der Waals surface area contributed by atoms with Crippen LogP contribution in [0, 0.1) is 0 Å².